The lowest BCUT2D eigenvalue weighted by atomic mass is 10.0. The summed E-state index contributed by atoms with van der Waals surface area (Å²) in [6, 6.07) is 3.58. The van der Waals surface area contributed by atoms with Crippen molar-refractivity contribution < 1.29 is 24.5 Å². The van der Waals surface area contributed by atoms with Crippen molar-refractivity contribution in [2.75, 3.05) is 0 Å². The Bertz CT molecular complexity index is 533. The predicted octanol–water partition coefficient (Wildman–Crippen LogP) is 2.22. The van der Waals surface area contributed by atoms with E-state index in [2.05, 4.69) is 5.32 Å². The first-order valence-corrected chi connectivity index (χ1v) is 6.59. The van der Waals surface area contributed by atoms with E-state index in [1.165, 1.54) is 12.1 Å². The summed E-state index contributed by atoms with van der Waals surface area (Å²) in [5.41, 5.74) is 0.789. The number of hydrogen-bond donors (Lipinski definition) is 3. The molecule has 0 radical (unpaired) electrons. The minimum absolute atomic E-state index is 0.0528. The lowest BCUT2D eigenvalue weighted by molar-refractivity contribution is -0.139. The standard InChI is InChI=1S/C15H21NO5/c1-9-5-6-11(17)7-10(9)8-12(13(18)19)16-14(20)21-15(2,3)4/h5-7,12,17H,8H2,1-4H3,(H,16,20)(H,18,19)/t12-/m1/s1. The molecule has 0 aliphatic rings. The lowest BCUT2D eigenvalue weighted by Gasteiger charge is -2.22. The Hall–Kier alpha value is -2.24. The fourth-order valence-corrected chi connectivity index (χ4v) is 1.75. The van der Waals surface area contributed by atoms with Gasteiger partial charge in [0.15, 0.2) is 0 Å². The number of carbonyl (C=O) groups excluding carboxylic acids is 1. The van der Waals surface area contributed by atoms with Crippen molar-refractivity contribution in [3.05, 3.63) is 29.3 Å². The Morgan fingerprint density at radius 2 is 1.95 bits per heavy atom. The van der Waals surface area contributed by atoms with Crippen molar-refractivity contribution in [1.29, 1.82) is 0 Å². The predicted molar refractivity (Wildman–Crippen MR) is 77.3 cm³/mol. The fourth-order valence-electron chi connectivity index (χ4n) is 1.75. The van der Waals surface area contributed by atoms with E-state index in [1.54, 1.807) is 33.8 Å². The number of carboxylic acids is 1. The highest BCUT2D eigenvalue weighted by Gasteiger charge is 2.24. The van der Waals surface area contributed by atoms with E-state index < -0.39 is 23.7 Å². The topological polar surface area (TPSA) is 95.9 Å². The molecule has 3 N–H and O–H groups in total. The number of aromatic hydroxyl groups is 1. The minimum Gasteiger partial charge on any atom is -0.508 e. The maximum absolute atomic E-state index is 11.7. The van der Waals surface area contributed by atoms with Crippen LogP contribution >= 0.6 is 0 Å². The van der Waals surface area contributed by atoms with Crippen molar-refractivity contribution in [2.45, 2.75) is 45.8 Å². The van der Waals surface area contributed by atoms with Gasteiger partial charge in [0.05, 0.1) is 0 Å². The normalized spacial score (nSPS) is 12.6. The maximum Gasteiger partial charge on any atom is 0.408 e. The number of ether oxygens (including phenoxy) is 1. The summed E-state index contributed by atoms with van der Waals surface area (Å²) < 4.78 is 5.05. The van der Waals surface area contributed by atoms with Crippen LogP contribution < -0.4 is 5.32 Å². The van der Waals surface area contributed by atoms with Gasteiger partial charge in [0.25, 0.3) is 0 Å². The van der Waals surface area contributed by atoms with Gasteiger partial charge in [-0.15, -0.1) is 0 Å². The molecule has 0 aliphatic heterocycles. The second-order valence-corrected chi connectivity index (χ2v) is 5.85. The number of rotatable bonds is 4. The molecule has 1 atom stereocenters. The number of carboxylic acid groups (broad SMARTS) is 1. The average molecular weight is 295 g/mol. The number of amides is 1. The summed E-state index contributed by atoms with van der Waals surface area (Å²) in [6.45, 7) is 6.90. The summed E-state index contributed by atoms with van der Waals surface area (Å²) in [5.74, 6) is -1.11. The molecule has 21 heavy (non-hydrogen) atoms. The highest BCUT2D eigenvalue weighted by Crippen LogP contribution is 2.18. The van der Waals surface area contributed by atoms with Crippen molar-refractivity contribution in [2.24, 2.45) is 0 Å². The molecule has 0 unspecified atom stereocenters. The van der Waals surface area contributed by atoms with Crippen LogP contribution in [-0.2, 0) is 16.0 Å². The molecule has 1 aromatic carbocycles. The van der Waals surface area contributed by atoms with E-state index in [1.807, 2.05) is 0 Å². The number of aryl methyl sites for hydroxylation is 1. The second-order valence-electron chi connectivity index (χ2n) is 5.85. The van der Waals surface area contributed by atoms with Gasteiger partial charge in [0.1, 0.15) is 17.4 Å². The van der Waals surface area contributed by atoms with Gasteiger partial charge in [-0.05, 0) is 51.0 Å². The number of phenols is 1. The van der Waals surface area contributed by atoms with Crippen molar-refractivity contribution in [3.8, 4) is 5.75 Å². The summed E-state index contributed by atoms with van der Waals surface area (Å²) in [7, 11) is 0. The largest absolute Gasteiger partial charge is 0.508 e. The van der Waals surface area contributed by atoms with E-state index in [0.29, 0.717) is 5.56 Å². The number of aliphatic carboxylic acids is 1. The zero-order valence-electron chi connectivity index (χ0n) is 12.6. The van der Waals surface area contributed by atoms with Crippen molar-refractivity contribution in [1.82, 2.24) is 5.32 Å². The Morgan fingerprint density at radius 3 is 2.48 bits per heavy atom. The summed E-state index contributed by atoms with van der Waals surface area (Å²) in [5, 5.41) is 21.0. The Kier molecular flexibility index (Phi) is 5.18. The molecule has 0 saturated heterocycles. The monoisotopic (exact) mass is 295 g/mol. The molecule has 0 aliphatic carbocycles. The smallest absolute Gasteiger partial charge is 0.408 e. The number of nitrogens with one attached hydrogen (secondary N) is 1. The quantitative estimate of drug-likeness (QED) is 0.791. The summed E-state index contributed by atoms with van der Waals surface area (Å²) in [6.07, 6.45) is -0.720. The van der Waals surface area contributed by atoms with Gasteiger partial charge in [-0.25, -0.2) is 9.59 Å². The third-order valence-corrected chi connectivity index (χ3v) is 2.75. The maximum atomic E-state index is 11.7. The minimum atomic E-state index is -1.16. The lowest BCUT2D eigenvalue weighted by Crippen LogP contribution is -2.44. The number of hydrogen-bond acceptors (Lipinski definition) is 4. The molecule has 1 amide bonds. The zero-order chi connectivity index (χ0) is 16.2. The average Bonchev–Trinajstić information content (AvgIpc) is 2.30. The van der Waals surface area contributed by atoms with Gasteiger partial charge < -0.3 is 20.3 Å². The first-order chi connectivity index (χ1) is 9.58. The Balaban J connectivity index is 2.81. The molecule has 116 valence electrons. The molecule has 1 rings (SSSR count). The van der Waals surface area contributed by atoms with Crippen molar-refractivity contribution in [3.63, 3.8) is 0 Å². The van der Waals surface area contributed by atoms with Crippen LogP contribution in [0.2, 0.25) is 0 Å². The van der Waals surface area contributed by atoms with E-state index in [-0.39, 0.29) is 12.2 Å². The first kappa shape index (κ1) is 16.8. The van der Waals surface area contributed by atoms with Crippen LogP contribution in [0.4, 0.5) is 4.79 Å². The van der Waals surface area contributed by atoms with E-state index in [0.717, 1.165) is 5.56 Å². The van der Waals surface area contributed by atoms with Crippen molar-refractivity contribution >= 4 is 12.1 Å². The summed E-state index contributed by atoms with van der Waals surface area (Å²) in [4.78, 5) is 22.9. The highest BCUT2D eigenvalue weighted by atomic mass is 16.6. The van der Waals surface area contributed by atoms with Crippen LogP contribution in [-0.4, -0.2) is 33.9 Å². The molecule has 0 saturated carbocycles. The molecule has 6 nitrogen and oxygen atoms in total. The third-order valence-electron chi connectivity index (χ3n) is 2.75. The number of benzene rings is 1. The fraction of sp³-hybridized carbons (Fsp3) is 0.467. The molecule has 0 heterocycles. The van der Waals surface area contributed by atoms with E-state index in [9.17, 15) is 19.8 Å². The summed E-state index contributed by atoms with van der Waals surface area (Å²) >= 11 is 0. The van der Waals surface area contributed by atoms with Crippen LogP contribution in [0.5, 0.6) is 5.75 Å². The highest BCUT2D eigenvalue weighted by molar-refractivity contribution is 5.80. The number of carbonyl (C=O) groups is 2. The second kappa shape index (κ2) is 6.47. The third kappa shape index (κ3) is 5.72. The van der Waals surface area contributed by atoms with Crippen LogP contribution in [0, 0.1) is 6.92 Å². The van der Waals surface area contributed by atoms with Gasteiger partial charge in [0.2, 0.25) is 0 Å². The SMILES string of the molecule is Cc1ccc(O)cc1C[C@@H](NC(=O)OC(C)(C)C)C(=O)O. The Morgan fingerprint density at radius 1 is 1.33 bits per heavy atom. The number of phenolic OH excluding ortho intramolecular Hbond substituents is 1. The molecule has 6 heteroatoms. The van der Waals surface area contributed by atoms with Gasteiger partial charge >= 0.3 is 12.1 Å². The molecule has 0 fully saturated rings. The van der Waals surface area contributed by atoms with Gasteiger partial charge in [-0.1, -0.05) is 6.07 Å². The van der Waals surface area contributed by atoms with E-state index in [4.69, 9.17) is 4.74 Å². The van der Waals surface area contributed by atoms with Crippen LogP contribution in [0.1, 0.15) is 31.9 Å². The van der Waals surface area contributed by atoms with Crippen LogP contribution in [0.25, 0.3) is 0 Å². The Labute approximate surface area is 123 Å². The van der Waals surface area contributed by atoms with Gasteiger partial charge in [0, 0.05) is 6.42 Å². The molecule has 1 aromatic rings. The number of alkyl carbamates (subject to hydrolysis) is 1. The molecule has 0 bridgehead atoms. The van der Waals surface area contributed by atoms with Crippen LogP contribution in [0.15, 0.2) is 18.2 Å². The van der Waals surface area contributed by atoms with Crippen LogP contribution in [0.3, 0.4) is 0 Å². The van der Waals surface area contributed by atoms with Gasteiger partial charge in [-0.3, -0.25) is 0 Å². The molecular weight excluding hydrogens is 274 g/mol. The zero-order valence-corrected chi connectivity index (χ0v) is 12.6. The molecule has 0 aromatic heterocycles. The molecule has 0 spiro atoms. The van der Waals surface area contributed by atoms with E-state index >= 15 is 0 Å². The molecular formula is C15H21NO5. The van der Waals surface area contributed by atoms with Gasteiger partial charge in [-0.2, -0.15) is 0 Å². The first-order valence-electron chi connectivity index (χ1n) is 6.59.